The van der Waals surface area contributed by atoms with Gasteiger partial charge in [-0.15, -0.1) is 0 Å². The van der Waals surface area contributed by atoms with Gasteiger partial charge in [-0.25, -0.2) is 8.42 Å². The molecule has 1 spiro atoms. The van der Waals surface area contributed by atoms with E-state index >= 15 is 0 Å². The van der Waals surface area contributed by atoms with Crippen LogP contribution in [-0.4, -0.2) is 58.0 Å². The van der Waals surface area contributed by atoms with Gasteiger partial charge < -0.3 is 9.47 Å². The highest BCUT2D eigenvalue weighted by Gasteiger charge is 2.40. The minimum absolute atomic E-state index is 0.0333. The van der Waals surface area contributed by atoms with E-state index in [1.807, 2.05) is 0 Å². The maximum Gasteiger partial charge on any atom is 0.214 e. The Bertz CT molecular complexity index is 453. The van der Waals surface area contributed by atoms with Crippen LogP contribution < -0.4 is 0 Å². The van der Waals surface area contributed by atoms with Gasteiger partial charge in [0.25, 0.3) is 0 Å². The third kappa shape index (κ3) is 4.02. The number of sulfonamides is 1. The van der Waals surface area contributed by atoms with Gasteiger partial charge in [-0.1, -0.05) is 19.3 Å². The lowest BCUT2D eigenvalue weighted by Crippen LogP contribution is -2.46. The van der Waals surface area contributed by atoms with Gasteiger partial charge in [0.05, 0.1) is 19.0 Å². The molecule has 0 aromatic rings. The van der Waals surface area contributed by atoms with E-state index in [1.54, 1.807) is 4.31 Å². The molecular weight excluding hydrogens is 302 g/mol. The molecule has 0 aromatic carbocycles. The Morgan fingerprint density at radius 2 is 1.73 bits per heavy atom. The molecule has 5 nitrogen and oxygen atoms in total. The summed E-state index contributed by atoms with van der Waals surface area (Å²) in [7, 11) is -3.17. The molecule has 0 aromatic heterocycles. The smallest absolute Gasteiger partial charge is 0.214 e. The molecule has 22 heavy (non-hydrogen) atoms. The Hall–Kier alpha value is -0.170. The van der Waals surface area contributed by atoms with Crippen LogP contribution in [-0.2, 0) is 19.5 Å². The van der Waals surface area contributed by atoms with Crippen molar-refractivity contribution < 1.29 is 17.9 Å². The molecule has 2 saturated heterocycles. The molecule has 1 saturated carbocycles. The summed E-state index contributed by atoms with van der Waals surface area (Å²) in [5.74, 6) is 0.688. The molecule has 2 heterocycles. The van der Waals surface area contributed by atoms with Gasteiger partial charge >= 0.3 is 0 Å². The van der Waals surface area contributed by atoms with Crippen LogP contribution in [0.4, 0.5) is 0 Å². The summed E-state index contributed by atoms with van der Waals surface area (Å²) in [5, 5.41) is 0. The van der Waals surface area contributed by atoms with Gasteiger partial charge in [0.1, 0.15) is 0 Å². The quantitative estimate of drug-likeness (QED) is 0.794. The van der Waals surface area contributed by atoms with Gasteiger partial charge in [0.15, 0.2) is 0 Å². The SMILES string of the molecule is O=S(=O)(CC1CCCCC1)N1CCOCC2(CCOCC2)C1. The fourth-order valence-electron chi connectivity index (χ4n) is 4.06. The van der Waals surface area contributed by atoms with Gasteiger partial charge in [-0.05, 0) is 31.6 Å². The lowest BCUT2D eigenvalue weighted by atomic mass is 9.81. The van der Waals surface area contributed by atoms with Crippen molar-refractivity contribution in [1.82, 2.24) is 4.31 Å². The Morgan fingerprint density at radius 3 is 2.45 bits per heavy atom. The van der Waals surface area contributed by atoms with E-state index in [1.165, 1.54) is 19.3 Å². The van der Waals surface area contributed by atoms with E-state index in [4.69, 9.17) is 9.47 Å². The molecular formula is C16H29NO4S. The number of hydrogen-bond donors (Lipinski definition) is 0. The molecule has 0 N–H and O–H groups in total. The summed E-state index contributed by atoms with van der Waals surface area (Å²) in [5.41, 5.74) is -0.0333. The fraction of sp³-hybridized carbons (Fsp3) is 1.00. The lowest BCUT2D eigenvalue weighted by molar-refractivity contribution is -0.0280. The topological polar surface area (TPSA) is 55.8 Å². The van der Waals surface area contributed by atoms with Crippen molar-refractivity contribution in [3.8, 4) is 0 Å². The zero-order valence-electron chi connectivity index (χ0n) is 13.5. The van der Waals surface area contributed by atoms with E-state index in [0.717, 1.165) is 38.9 Å². The molecule has 128 valence electrons. The maximum atomic E-state index is 12.9. The zero-order chi connectivity index (χ0) is 15.5. The normalized spacial score (nSPS) is 28.5. The van der Waals surface area contributed by atoms with Gasteiger partial charge in [0.2, 0.25) is 10.0 Å². The van der Waals surface area contributed by atoms with E-state index < -0.39 is 10.0 Å². The van der Waals surface area contributed by atoms with Crippen molar-refractivity contribution in [3.05, 3.63) is 0 Å². The third-order valence-electron chi connectivity index (χ3n) is 5.52. The minimum Gasteiger partial charge on any atom is -0.381 e. The predicted molar refractivity (Wildman–Crippen MR) is 85.2 cm³/mol. The summed E-state index contributed by atoms with van der Waals surface area (Å²) in [6, 6.07) is 0. The Kier molecular flexibility index (Phi) is 5.43. The van der Waals surface area contributed by atoms with E-state index in [9.17, 15) is 8.42 Å². The molecule has 3 fully saturated rings. The second-order valence-electron chi connectivity index (χ2n) is 7.28. The van der Waals surface area contributed by atoms with Crippen LogP contribution in [0, 0.1) is 11.3 Å². The van der Waals surface area contributed by atoms with E-state index in [-0.39, 0.29) is 5.41 Å². The average molecular weight is 331 g/mol. The van der Waals surface area contributed by atoms with Crippen LogP contribution in [0.25, 0.3) is 0 Å². The minimum atomic E-state index is -3.17. The van der Waals surface area contributed by atoms with E-state index in [0.29, 0.717) is 38.0 Å². The molecule has 1 aliphatic carbocycles. The molecule has 3 rings (SSSR count). The van der Waals surface area contributed by atoms with Crippen molar-refractivity contribution in [3.63, 3.8) is 0 Å². The summed E-state index contributed by atoms with van der Waals surface area (Å²) in [6.07, 6.45) is 7.59. The van der Waals surface area contributed by atoms with Crippen molar-refractivity contribution in [2.75, 3.05) is 45.3 Å². The number of ether oxygens (including phenoxy) is 2. The van der Waals surface area contributed by atoms with Crippen LogP contribution in [0.1, 0.15) is 44.9 Å². The highest BCUT2D eigenvalue weighted by atomic mass is 32.2. The fourth-order valence-corrected chi connectivity index (χ4v) is 6.02. The maximum absolute atomic E-state index is 12.9. The van der Waals surface area contributed by atoms with Gasteiger partial charge in [0, 0.05) is 31.7 Å². The first kappa shape index (κ1) is 16.7. The van der Waals surface area contributed by atoms with Gasteiger partial charge in [-0.3, -0.25) is 0 Å². The van der Waals surface area contributed by atoms with Crippen LogP contribution in [0.15, 0.2) is 0 Å². The molecule has 0 bridgehead atoms. The number of rotatable bonds is 3. The molecule has 0 atom stereocenters. The molecule has 3 aliphatic rings. The van der Waals surface area contributed by atoms with Crippen molar-refractivity contribution in [1.29, 1.82) is 0 Å². The van der Waals surface area contributed by atoms with Crippen LogP contribution in [0.5, 0.6) is 0 Å². The molecule has 2 aliphatic heterocycles. The summed E-state index contributed by atoms with van der Waals surface area (Å²) in [6.45, 7) is 3.77. The van der Waals surface area contributed by atoms with Crippen molar-refractivity contribution >= 4 is 10.0 Å². The first-order valence-corrected chi connectivity index (χ1v) is 10.3. The van der Waals surface area contributed by atoms with Crippen LogP contribution in [0.3, 0.4) is 0 Å². The molecule has 0 radical (unpaired) electrons. The van der Waals surface area contributed by atoms with Crippen LogP contribution >= 0.6 is 0 Å². The average Bonchev–Trinajstić information content (AvgIpc) is 2.72. The second kappa shape index (κ2) is 7.16. The van der Waals surface area contributed by atoms with Crippen molar-refractivity contribution in [2.45, 2.75) is 44.9 Å². The summed E-state index contributed by atoms with van der Waals surface area (Å²) >= 11 is 0. The zero-order valence-corrected chi connectivity index (χ0v) is 14.3. The predicted octanol–water partition coefficient (Wildman–Crippen LogP) is 2.03. The van der Waals surface area contributed by atoms with Crippen LogP contribution in [0.2, 0.25) is 0 Å². The number of nitrogens with zero attached hydrogens (tertiary/aromatic N) is 1. The summed E-state index contributed by atoms with van der Waals surface area (Å²) in [4.78, 5) is 0. The molecule has 0 unspecified atom stereocenters. The van der Waals surface area contributed by atoms with Crippen molar-refractivity contribution in [2.24, 2.45) is 11.3 Å². The highest BCUT2D eigenvalue weighted by Crippen LogP contribution is 2.35. The first-order chi connectivity index (χ1) is 10.6. The largest absolute Gasteiger partial charge is 0.381 e. The summed E-state index contributed by atoms with van der Waals surface area (Å²) < 4.78 is 38.7. The lowest BCUT2D eigenvalue weighted by Gasteiger charge is -2.38. The van der Waals surface area contributed by atoms with E-state index in [2.05, 4.69) is 0 Å². The molecule has 0 amide bonds. The standard InChI is InChI=1S/C16H29NO4S/c18-22(19,12-15-4-2-1-3-5-15)17-8-11-21-14-16(13-17)6-9-20-10-7-16/h15H,1-14H2. The Balaban J connectivity index is 1.67. The monoisotopic (exact) mass is 331 g/mol. The second-order valence-corrected chi connectivity index (χ2v) is 9.29. The first-order valence-electron chi connectivity index (χ1n) is 8.73. The highest BCUT2D eigenvalue weighted by molar-refractivity contribution is 7.89. The Labute approximate surface area is 134 Å². The van der Waals surface area contributed by atoms with Gasteiger partial charge in [-0.2, -0.15) is 4.31 Å². The third-order valence-corrected chi connectivity index (χ3v) is 7.51. The number of hydrogen-bond acceptors (Lipinski definition) is 4. The molecule has 6 heteroatoms. The Morgan fingerprint density at radius 1 is 1.00 bits per heavy atom.